The standard InChI is InChI=1S/C48H82NO9P/c1-6-8-10-12-14-15-16-17-18-19-20-21-22-23-24-25-26-30-34-38-47(50)54-42-44(43-56-59(52,53)55-41-40-49(3,4)5)57-48(51)39-35-31-27-29-33-37-46-45(58-46)36-32-28-13-11-9-7-2/h8,10,14-15,17-18,20-21,23-24,28,32,44-46H,6-7,9,11-13,16,19,22,25-27,29-31,33-43H2,1-5H3/p+1/b10-8-,15-14-,18-17-,21-20-,24-23-,32-28-/t44-,45?,46?/m1/s1. The SMILES string of the molecule is CC/C=C\C/C=C\C/C=C\C/C=C\C/C=C\CCCCCC(=O)OC[C@H](COP(=O)(O)OCC[N+](C)(C)C)OC(=O)CCCCCCCC1OC1C/C=C\CCCCC. The Morgan fingerprint density at radius 2 is 1.19 bits per heavy atom. The van der Waals surface area contributed by atoms with Crippen LogP contribution in [-0.2, 0) is 37.4 Å². The molecule has 59 heavy (non-hydrogen) atoms. The summed E-state index contributed by atoms with van der Waals surface area (Å²) in [6.07, 6.45) is 46.8. The molecule has 4 atom stereocenters. The van der Waals surface area contributed by atoms with Crippen LogP contribution in [0.5, 0.6) is 0 Å². The van der Waals surface area contributed by atoms with Crippen molar-refractivity contribution in [3.8, 4) is 0 Å². The van der Waals surface area contributed by atoms with Gasteiger partial charge >= 0.3 is 19.8 Å². The molecule has 0 bridgehead atoms. The molecule has 338 valence electrons. The molecule has 0 aromatic rings. The van der Waals surface area contributed by atoms with Gasteiger partial charge in [0.1, 0.15) is 19.8 Å². The highest BCUT2D eigenvalue weighted by molar-refractivity contribution is 7.47. The van der Waals surface area contributed by atoms with Gasteiger partial charge in [0.25, 0.3) is 0 Å². The lowest BCUT2D eigenvalue weighted by molar-refractivity contribution is -0.870. The number of carbonyl (C=O) groups excluding carboxylic acids is 2. The van der Waals surface area contributed by atoms with E-state index < -0.39 is 32.5 Å². The zero-order valence-corrected chi connectivity index (χ0v) is 38.5. The molecule has 1 N–H and O–H groups in total. The van der Waals surface area contributed by atoms with Gasteiger partial charge in [-0.15, -0.1) is 0 Å². The molecule has 0 saturated carbocycles. The number of unbranched alkanes of at least 4 members (excludes halogenated alkanes) is 10. The van der Waals surface area contributed by atoms with E-state index in [1.54, 1.807) is 0 Å². The fraction of sp³-hybridized carbons (Fsp3) is 0.708. The number of rotatable bonds is 39. The third-order valence-electron chi connectivity index (χ3n) is 9.64. The average Bonchev–Trinajstić information content (AvgIpc) is 3.94. The minimum absolute atomic E-state index is 0.0165. The third kappa shape index (κ3) is 36.9. The highest BCUT2D eigenvalue weighted by Gasteiger charge is 2.36. The van der Waals surface area contributed by atoms with Crippen molar-refractivity contribution in [1.29, 1.82) is 0 Å². The lowest BCUT2D eigenvalue weighted by Gasteiger charge is -2.24. The second-order valence-electron chi connectivity index (χ2n) is 16.4. The summed E-state index contributed by atoms with van der Waals surface area (Å²) in [5.41, 5.74) is 0. The molecule has 1 aliphatic rings. The minimum Gasteiger partial charge on any atom is -0.462 e. The molecule has 0 aromatic heterocycles. The maximum absolute atomic E-state index is 12.7. The molecule has 0 aromatic carbocycles. The number of carbonyl (C=O) groups is 2. The topological polar surface area (TPSA) is 121 Å². The molecule has 0 aliphatic carbocycles. The Kier molecular flexibility index (Phi) is 33.3. The van der Waals surface area contributed by atoms with Gasteiger partial charge < -0.3 is 23.6 Å². The molecule has 3 unspecified atom stereocenters. The Balaban J connectivity index is 2.31. The number of hydrogen-bond donors (Lipinski definition) is 1. The van der Waals surface area contributed by atoms with Crippen LogP contribution in [-0.4, -0.2) is 87.1 Å². The quantitative estimate of drug-likeness (QED) is 0.0161. The first-order chi connectivity index (χ1) is 28.5. The van der Waals surface area contributed by atoms with E-state index in [-0.39, 0.29) is 26.1 Å². The maximum Gasteiger partial charge on any atom is 0.472 e. The molecule has 10 nitrogen and oxygen atoms in total. The first kappa shape index (κ1) is 54.4. The van der Waals surface area contributed by atoms with E-state index in [4.69, 9.17) is 23.3 Å². The zero-order chi connectivity index (χ0) is 43.3. The predicted octanol–water partition coefficient (Wildman–Crippen LogP) is 12.0. The van der Waals surface area contributed by atoms with Gasteiger partial charge in [0.05, 0.1) is 40.0 Å². The van der Waals surface area contributed by atoms with E-state index in [0.717, 1.165) is 96.3 Å². The van der Waals surface area contributed by atoms with Gasteiger partial charge in [0, 0.05) is 12.8 Å². The van der Waals surface area contributed by atoms with Gasteiger partial charge in [-0.2, -0.15) is 0 Å². The fourth-order valence-corrected chi connectivity index (χ4v) is 6.73. The van der Waals surface area contributed by atoms with Gasteiger partial charge in [-0.1, -0.05) is 132 Å². The van der Waals surface area contributed by atoms with E-state index in [1.807, 2.05) is 21.1 Å². The van der Waals surface area contributed by atoms with Gasteiger partial charge in [0.15, 0.2) is 6.10 Å². The number of phosphoric acid groups is 1. The Hall–Kier alpha value is -2.59. The van der Waals surface area contributed by atoms with E-state index in [9.17, 15) is 19.0 Å². The molecule has 11 heteroatoms. The maximum atomic E-state index is 12.7. The number of nitrogens with zero attached hydrogens (tertiary/aromatic N) is 1. The van der Waals surface area contributed by atoms with Crippen molar-refractivity contribution in [3.05, 3.63) is 72.9 Å². The number of allylic oxidation sites excluding steroid dienone is 11. The number of ether oxygens (including phenoxy) is 3. The molecule has 1 heterocycles. The van der Waals surface area contributed by atoms with Gasteiger partial charge in [-0.25, -0.2) is 4.57 Å². The largest absolute Gasteiger partial charge is 0.472 e. The van der Waals surface area contributed by atoms with Crippen LogP contribution in [0.1, 0.15) is 155 Å². The van der Waals surface area contributed by atoms with Gasteiger partial charge in [0.2, 0.25) is 0 Å². The Labute approximate surface area is 359 Å². The van der Waals surface area contributed by atoms with Crippen LogP contribution in [0.2, 0.25) is 0 Å². The lowest BCUT2D eigenvalue weighted by Crippen LogP contribution is -2.37. The van der Waals surface area contributed by atoms with Crippen LogP contribution in [0, 0.1) is 0 Å². The summed E-state index contributed by atoms with van der Waals surface area (Å²) in [5.74, 6) is -0.866. The first-order valence-electron chi connectivity index (χ1n) is 22.8. The van der Waals surface area contributed by atoms with Crippen LogP contribution in [0.3, 0.4) is 0 Å². The molecule has 0 radical (unpaired) electrons. The van der Waals surface area contributed by atoms with Crippen molar-refractivity contribution in [1.82, 2.24) is 0 Å². The second kappa shape index (κ2) is 36.1. The van der Waals surface area contributed by atoms with Crippen molar-refractivity contribution in [2.75, 3.05) is 47.5 Å². The Morgan fingerprint density at radius 3 is 1.81 bits per heavy atom. The number of likely N-dealkylation sites (N-methyl/N-ethyl adjacent to an activating group) is 1. The van der Waals surface area contributed by atoms with Crippen LogP contribution >= 0.6 is 7.82 Å². The van der Waals surface area contributed by atoms with Crippen molar-refractivity contribution in [2.45, 2.75) is 173 Å². The van der Waals surface area contributed by atoms with Crippen LogP contribution < -0.4 is 0 Å². The molecular formula is C48H83NO9P+. The number of hydrogen-bond acceptors (Lipinski definition) is 8. The third-order valence-corrected chi connectivity index (χ3v) is 10.6. The average molecular weight is 849 g/mol. The highest BCUT2D eigenvalue weighted by atomic mass is 31.2. The monoisotopic (exact) mass is 849 g/mol. The smallest absolute Gasteiger partial charge is 0.462 e. The van der Waals surface area contributed by atoms with Crippen molar-refractivity contribution in [2.24, 2.45) is 0 Å². The molecule has 1 saturated heterocycles. The number of quaternary nitrogens is 1. The van der Waals surface area contributed by atoms with Gasteiger partial charge in [-0.05, 0) is 83.5 Å². The first-order valence-corrected chi connectivity index (χ1v) is 24.3. The second-order valence-corrected chi connectivity index (χ2v) is 17.9. The molecule has 1 aliphatic heterocycles. The summed E-state index contributed by atoms with van der Waals surface area (Å²) >= 11 is 0. The van der Waals surface area contributed by atoms with E-state index in [2.05, 4.69) is 86.8 Å². The summed E-state index contributed by atoms with van der Waals surface area (Å²) in [6.45, 7) is 4.19. The normalized spacial score (nSPS) is 17.7. The van der Waals surface area contributed by atoms with E-state index in [0.29, 0.717) is 36.1 Å². The fourth-order valence-electron chi connectivity index (χ4n) is 5.99. The number of esters is 2. The molecule has 1 fully saturated rings. The summed E-state index contributed by atoms with van der Waals surface area (Å²) in [4.78, 5) is 35.5. The van der Waals surface area contributed by atoms with Crippen LogP contribution in [0.15, 0.2) is 72.9 Å². The number of epoxide rings is 1. The summed E-state index contributed by atoms with van der Waals surface area (Å²) in [7, 11) is 1.43. The predicted molar refractivity (Wildman–Crippen MR) is 242 cm³/mol. The highest BCUT2D eigenvalue weighted by Crippen LogP contribution is 2.43. The Bertz CT molecular complexity index is 1300. The number of phosphoric ester groups is 1. The lowest BCUT2D eigenvalue weighted by atomic mass is 10.1. The molecule has 0 amide bonds. The van der Waals surface area contributed by atoms with E-state index in [1.165, 1.54) is 19.3 Å². The summed E-state index contributed by atoms with van der Waals surface area (Å²) in [5, 5.41) is 0. The molecular weight excluding hydrogens is 765 g/mol. The van der Waals surface area contributed by atoms with Crippen molar-refractivity contribution >= 4 is 19.8 Å². The summed E-state index contributed by atoms with van der Waals surface area (Å²) < 4.78 is 40.1. The van der Waals surface area contributed by atoms with Crippen molar-refractivity contribution < 1.29 is 46.8 Å². The summed E-state index contributed by atoms with van der Waals surface area (Å²) in [6, 6.07) is 0. The molecule has 0 spiro atoms. The van der Waals surface area contributed by atoms with Crippen LogP contribution in [0.4, 0.5) is 0 Å². The molecule has 1 rings (SSSR count). The van der Waals surface area contributed by atoms with Crippen molar-refractivity contribution in [3.63, 3.8) is 0 Å². The minimum atomic E-state index is -4.40. The van der Waals surface area contributed by atoms with E-state index >= 15 is 0 Å². The Morgan fingerprint density at radius 1 is 0.644 bits per heavy atom. The zero-order valence-electron chi connectivity index (χ0n) is 37.7. The van der Waals surface area contributed by atoms with Crippen LogP contribution in [0.25, 0.3) is 0 Å². The van der Waals surface area contributed by atoms with Gasteiger partial charge in [-0.3, -0.25) is 18.6 Å².